The Hall–Kier alpha value is -4.91. The van der Waals surface area contributed by atoms with Gasteiger partial charge in [-0.1, -0.05) is 50.2 Å². The minimum atomic E-state index is -3.66. The van der Waals surface area contributed by atoms with Crippen molar-refractivity contribution in [3.63, 3.8) is 0 Å². The van der Waals surface area contributed by atoms with Crippen LogP contribution in [0.4, 0.5) is 28.8 Å². The molecule has 1 fully saturated rings. The zero-order valence-electron chi connectivity index (χ0n) is 25.9. The fourth-order valence-corrected chi connectivity index (χ4v) is 5.84. The third kappa shape index (κ3) is 7.09. The number of sulfonamides is 1. The summed E-state index contributed by atoms with van der Waals surface area (Å²) in [6.45, 7) is 7.73. The second-order valence-electron chi connectivity index (χ2n) is 11.9. The van der Waals surface area contributed by atoms with E-state index in [1.165, 1.54) is 7.11 Å². The molecule has 0 atom stereocenters. The third-order valence-electron chi connectivity index (χ3n) is 7.49. The summed E-state index contributed by atoms with van der Waals surface area (Å²) in [4.78, 5) is 25.0. The van der Waals surface area contributed by atoms with Gasteiger partial charge in [0.25, 0.3) is 5.91 Å². The molecule has 1 saturated heterocycles. The van der Waals surface area contributed by atoms with E-state index >= 15 is 0 Å². The van der Waals surface area contributed by atoms with Crippen LogP contribution in [0, 0.1) is 0 Å². The van der Waals surface area contributed by atoms with Crippen LogP contribution in [-0.4, -0.2) is 61.7 Å². The van der Waals surface area contributed by atoms with Crippen LogP contribution in [0.15, 0.2) is 65.9 Å². The highest BCUT2D eigenvalue weighted by Crippen LogP contribution is 2.39. The predicted molar refractivity (Wildman–Crippen MR) is 178 cm³/mol. The van der Waals surface area contributed by atoms with Crippen LogP contribution in [0.2, 0.25) is 0 Å². The molecule has 4 aromatic rings. The monoisotopic (exact) mass is 631 g/mol. The molecule has 3 aromatic carbocycles. The number of rotatable bonds is 9. The summed E-state index contributed by atoms with van der Waals surface area (Å²) in [6, 6.07) is 16.1. The Morgan fingerprint density at radius 1 is 1.00 bits per heavy atom. The number of methoxy groups -OCH3 is 1. The van der Waals surface area contributed by atoms with Gasteiger partial charge in [0.1, 0.15) is 5.82 Å². The Kier molecular flexibility index (Phi) is 8.82. The van der Waals surface area contributed by atoms with E-state index < -0.39 is 21.3 Å². The Bertz CT molecular complexity index is 1880. The number of nitrogens with zero attached hydrogens (tertiary/aromatic N) is 4. The number of carbonyl (C=O) groups excluding carboxylic acids is 1. The van der Waals surface area contributed by atoms with Crippen molar-refractivity contribution in [3.05, 3.63) is 71.9 Å². The summed E-state index contributed by atoms with van der Waals surface area (Å²) < 4.78 is 32.2. The lowest BCUT2D eigenvalue weighted by atomic mass is 9.86. The molecule has 0 bridgehead atoms. The second-order valence-corrected chi connectivity index (χ2v) is 13.6. The number of hydrogen-bond donors (Lipinski definition) is 4. The zero-order chi connectivity index (χ0) is 32.4. The number of benzene rings is 3. The van der Waals surface area contributed by atoms with Gasteiger partial charge in [-0.2, -0.15) is 4.98 Å². The van der Waals surface area contributed by atoms with Crippen LogP contribution in [0.3, 0.4) is 0 Å². The normalized spacial score (nSPS) is 14.0. The molecule has 0 radical (unpaired) electrons. The summed E-state index contributed by atoms with van der Waals surface area (Å²) in [5.74, 6) is 0.694. The number of nitrogens with one attached hydrogen (secondary N) is 3. The SMILES string of the molecule is COc1c(NC(=O)/C(=N/O)c2ccc(Nc3ccnc(N4CCCC4)n3)c3ccccc23)cc(C(C)(C)C)cc1NS(C)(=O)=O. The van der Waals surface area contributed by atoms with Crippen molar-refractivity contribution < 1.29 is 23.2 Å². The van der Waals surface area contributed by atoms with Gasteiger partial charge in [0, 0.05) is 35.9 Å². The molecule has 5 rings (SSSR count). The van der Waals surface area contributed by atoms with Crippen molar-refractivity contribution >= 4 is 61.2 Å². The first-order valence-electron chi connectivity index (χ1n) is 14.5. The average Bonchev–Trinajstić information content (AvgIpc) is 3.53. The first-order valence-corrected chi connectivity index (χ1v) is 16.4. The molecule has 45 heavy (non-hydrogen) atoms. The second kappa shape index (κ2) is 12.6. The highest BCUT2D eigenvalue weighted by Gasteiger charge is 2.25. The Labute approximate surface area is 262 Å². The van der Waals surface area contributed by atoms with E-state index in [9.17, 15) is 18.4 Å². The first-order chi connectivity index (χ1) is 21.4. The van der Waals surface area contributed by atoms with Crippen LogP contribution in [-0.2, 0) is 20.2 Å². The lowest BCUT2D eigenvalue weighted by Crippen LogP contribution is -2.25. The van der Waals surface area contributed by atoms with E-state index in [1.54, 1.807) is 36.5 Å². The zero-order valence-corrected chi connectivity index (χ0v) is 26.7. The molecule has 4 N–H and O–H groups in total. The van der Waals surface area contributed by atoms with Crippen LogP contribution >= 0.6 is 0 Å². The van der Waals surface area contributed by atoms with Crippen molar-refractivity contribution in [1.29, 1.82) is 0 Å². The Morgan fingerprint density at radius 3 is 2.33 bits per heavy atom. The summed E-state index contributed by atoms with van der Waals surface area (Å²) in [5, 5.41) is 21.1. The smallest absolute Gasteiger partial charge is 0.278 e. The minimum absolute atomic E-state index is 0.113. The number of fused-ring (bicyclic) bond motifs is 1. The van der Waals surface area contributed by atoms with Crippen LogP contribution in [0.5, 0.6) is 5.75 Å². The van der Waals surface area contributed by atoms with E-state index in [4.69, 9.17) is 9.72 Å². The molecular weight excluding hydrogens is 594 g/mol. The summed E-state index contributed by atoms with van der Waals surface area (Å²) in [6.07, 6.45) is 4.98. The predicted octanol–water partition coefficient (Wildman–Crippen LogP) is 5.47. The van der Waals surface area contributed by atoms with Crippen LogP contribution in [0.1, 0.15) is 44.7 Å². The highest BCUT2D eigenvalue weighted by molar-refractivity contribution is 7.92. The molecule has 1 aromatic heterocycles. The van der Waals surface area contributed by atoms with Gasteiger partial charge in [-0.25, -0.2) is 13.4 Å². The maximum atomic E-state index is 13.7. The molecule has 0 unspecified atom stereocenters. The minimum Gasteiger partial charge on any atom is -0.492 e. The van der Waals surface area contributed by atoms with E-state index in [0.717, 1.165) is 48.8 Å². The number of hydrogen-bond acceptors (Lipinski definition) is 10. The first kappa shape index (κ1) is 31.5. The lowest BCUT2D eigenvalue weighted by molar-refractivity contribution is -0.110. The molecule has 12 nitrogen and oxygen atoms in total. The number of amides is 1. The van der Waals surface area contributed by atoms with Gasteiger partial charge >= 0.3 is 0 Å². The quantitative estimate of drug-likeness (QED) is 0.107. The van der Waals surface area contributed by atoms with E-state index in [2.05, 4.69) is 30.4 Å². The molecule has 2 heterocycles. The van der Waals surface area contributed by atoms with Crippen molar-refractivity contribution in [2.75, 3.05) is 46.7 Å². The van der Waals surface area contributed by atoms with Gasteiger partial charge in [-0.15, -0.1) is 0 Å². The van der Waals surface area contributed by atoms with E-state index in [1.807, 2.05) is 45.0 Å². The molecule has 1 aliphatic rings. The molecule has 1 amide bonds. The van der Waals surface area contributed by atoms with Gasteiger partial charge < -0.3 is 25.5 Å². The maximum Gasteiger partial charge on any atom is 0.278 e. The molecule has 0 saturated carbocycles. The summed E-state index contributed by atoms with van der Waals surface area (Å²) in [5.41, 5.74) is 1.62. The summed E-state index contributed by atoms with van der Waals surface area (Å²) >= 11 is 0. The third-order valence-corrected chi connectivity index (χ3v) is 8.08. The Balaban J connectivity index is 1.49. The number of ether oxygens (including phenoxy) is 1. The number of aromatic nitrogens is 2. The van der Waals surface area contributed by atoms with E-state index in [-0.39, 0.29) is 22.8 Å². The number of carbonyl (C=O) groups is 1. The van der Waals surface area contributed by atoms with Crippen molar-refractivity contribution in [2.45, 2.75) is 39.0 Å². The average molecular weight is 632 g/mol. The molecule has 0 spiro atoms. The largest absolute Gasteiger partial charge is 0.492 e. The van der Waals surface area contributed by atoms with E-state index in [0.29, 0.717) is 22.7 Å². The maximum absolute atomic E-state index is 13.7. The molecule has 0 aliphatic carbocycles. The van der Waals surface area contributed by atoms with Crippen molar-refractivity contribution in [2.24, 2.45) is 5.16 Å². The van der Waals surface area contributed by atoms with Crippen LogP contribution in [0.25, 0.3) is 10.8 Å². The fourth-order valence-electron chi connectivity index (χ4n) is 5.29. The van der Waals surface area contributed by atoms with Gasteiger partial charge in [-0.05, 0) is 59.5 Å². The summed E-state index contributed by atoms with van der Waals surface area (Å²) in [7, 11) is -2.29. The lowest BCUT2D eigenvalue weighted by Gasteiger charge is -2.24. The Morgan fingerprint density at radius 2 is 1.69 bits per heavy atom. The topological polar surface area (TPSA) is 158 Å². The number of oxime groups is 1. The van der Waals surface area contributed by atoms with Gasteiger partial charge in [0.2, 0.25) is 16.0 Å². The standard InChI is InChI=1S/C32H37N7O5S/c1-32(2,3)20-18-25(29(44-4)26(19-20)38-45(5,42)43)35-30(40)28(37-41)23-12-13-24(22-11-7-6-10-21(22)23)34-27-14-15-33-31(36-27)39-16-8-9-17-39/h6-7,10-15,18-19,38,41H,8-9,16-17H2,1-5H3,(H,35,40)(H,33,34,36)/b37-28+. The van der Waals surface area contributed by atoms with Crippen LogP contribution < -0.4 is 25.0 Å². The number of anilines is 5. The molecule has 13 heteroatoms. The highest BCUT2D eigenvalue weighted by atomic mass is 32.2. The van der Waals surface area contributed by atoms with Gasteiger partial charge in [0.15, 0.2) is 11.5 Å². The van der Waals surface area contributed by atoms with Gasteiger partial charge in [0.05, 0.1) is 24.7 Å². The fraction of sp³-hybridized carbons (Fsp3) is 0.312. The van der Waals surface area contributed by atoms with Crippen molar-refractivity contribution in [3.8, 4) is 5.75 Å². The van der Waals surface area contributed by atoms with Crippen molar-refractivity contribution in [1.82, 2.24) is 9.97 Å². The molecular formula is C32H37N7O5S. The molecule has 1 aliphatic heterocycles. The molecule has 236 valence electrons. The van der Waals surface area contributed by atoms with Gasteiger partial charge in [-0.3, -0.25) is 9.52 Å².